The zero-order valence-electron chi connectivity index (χ0n) is 14.2. The van der Waals surface area contributed by atoms with E-state index in [2.05, 4.69) is 25.9 Å². The molecule has 1 heterocycles. The van der Waals surface area contributed by atoms with Gasteiger partial charge in [0.05, 0.1) is 6.04 Å². The van der Waals surface area contributed by atoms with Crippen LogP contribution in [0.4, 0.5) is 0 Å². The van der Waals surface area contributed by atoms with Gasteiger partial charge >= 0.3 is 0 Å². The van der Waals surface area contributed by atoms with Gasteiger partial charge in [0, 0.05) is 28.1 Å². The van der Waals surface area contributed by atoms with Crippen LogP contribution in [0.3, 0.4) is 0 Å². The summed E-state index contributed by atoms with van der Waals surface area (Å²) in [4.78, 5) is 13.0. The number of benzene rings is 2. The molecule has 0 N–H and O–H groups in total. The van der Waals surface area contributed by atoms with Gasteiger partial charge in [0.1, 0.15) is 0 Å². The first-order chi connectivity index (χ1) is 11.4. The SMILES string of the molecule is CC(C)(C)C1=NN(C(=O)c2ccc(Cl)cc2)C(c2ccccc2)C1. The molecule has 0 aliphatic carbocycles. The van der Waals surface area contributed by atoms with Crippen LogP contribution < -0.4 is 0 Å². The fraction of sp³-hybridized carbons (Fsp3) is 0.300. The third kappa shape index (κ3) is 3.36. The van der Waals surface area contributed by atoms with Gasteiger partial charge in [0.2, 0.25) is 0 Å². The Kier molecular flexibility index (Phi) is 4.46. The summed E-state index contributed by atoms with van der Waals surface area (Å²) in [5.74, 6) is -0.0974. The maximum Gasteiger partial charge on any atom is 0.274 e. The van der Waals surface area contributed by atoms with Gasteiger partial charge in [0.25, 0.3) is 5.91 Å². The van der Waals surface area contributed by atoms with Crippen LogP contribution in [-0.4, -0.2) is 16.6 Å². The van der Waals surface area contributed by atoms with Crippen LogP contribution in [-0.2, 0) is 0 Å². The van der Waals surface area contributed by atoms with Gasteiger partial charge < -0.3 is 0 Å². The third-order valence-corrected chi connectivity index (χ3v) is 4.51. The molecule has 2 aromatic rings. The third-order valence-electron chi connectivity index (χ3n) is 4.26. The standard InChI is InChI=1S/C20H21ClN2O/c1-20(2,3)18-13-17(14-7-5-4-6-8-14)23(22-18)19(24)15-9-11-16(21)12-10-15/h4-12,17H,13H2,1-3H3. The molecule has 0 aromatic heterocycles. The van der Waals surface area contributed by atoms with Gasteiger partial charge in [-0.25, -0.2) is 5.01 Å². The monoisotopic (exact) mass is 340 g/mol. The number of carbonyl (C=O) groups is 1. The molecular weight excluding hydrogens is 320 g/mol. The molecule has 0 radical (unpaired) electrons. The van der Waals surface area contributed by atoms with Crippen molar-refractivity contribution in [2.24, 2.45) is 10.5 Å². The van der Waals surface area contributed by atoms with E-state index in [4.69, 9.17) is 11.6 Å². The van der Waals surface area contributed by atoms with E-state index in [0.29, 0.717) is 10.6 Å². The van der Waals surface area contributed by atoms with Crippen LogP contribution in [0.2, 0.25) is 5.02 Å². The van der Waals surface area contributed by atoms with E-state index in [0.717, 1.165) is 17.7 Å². The van der Waals surface area contributed by atoms with Crippen LogP contribution >= 0.6 is 11.6 Å². The summed E-state index contributed by atoms with van der Waals surface area (Å²) in [6.07, 6.45) is 0.757. The topological polar surface area (TPSA) is 32.7 Å². The molecule has 1 amide bonds. The molecule has 1 atom stereocenters. The first kappa shape index (κ1) is 16.7. The van der Waals surface area contributed by atoms with Crippen molar-refractivity contribution in [3.63, 3.8) is 0 Å². The summed E-state index contributed by atoms with van der Waals surface area (Å²) in [6.45, 7) is 6.39. The molecule has 1 aliphatic rings. The zero-order valence-corrected chi connectivity index (χ0v) is 14.9. The fourth-order valence-corrected chi connectivity index (χ4v) is 2.94. The highest BCUT2D eigenvalue weighted by Crippen LogP contribution is 2.37. The maximum absolute atomic E-state index is 13.0. The molecule has 3 rings (SSSR count). The Morgan fingerprint density at radius 1 is 1.08 bits per heavy atom. The molecule has 1 aliphatic heterocycles. The highest BCUT2D eigenvalue weighted by Gasteiger charge is 2.36. The lowest BCUT2D eigenvalue weighted by Crippen LogP contribution is -2.27. The van der Waals surface area contributed by atoms with Crippen molar-refractivity contribution in [3.05, 3.63) is 70.7 Å². The second-order valence-corrected chi connectivity index (χ2v) is 7.52. The van der Waals surface area contributed by atoms with E-state index in [-0.39, 0.29) is 17.4 Å². The number of carbonyl (C=O) groups excluding carboxylic acids is 1. The lowest BCUT2D eigenvalue weighted by Gasteiger charge is -2.22. The van der Waals surface area contributed by atoms with Gasteiger partial charge in [-0.15, -0.1) is 0 Å². The van der Waals surface area contributed by atoms with Crippen LogP contribution in [0.25, 0.3) is 0 Å². The zero-order chi connectivity index (χ0) is 17.3. The van der Waals surface area contributed by atoms with Crippen molar-refractivity contribution in [2.75, 3.05) is 0 Å². The Hall–Kier alpha value is -2.13. The van der Waals surface area contributed by atoms with Gasteiger partial charge in [-0.05, 0) is 29.8 Å². The summed E-state index contributed by atoms with van der Waals surface area (Å²) < 4.78 is 0. The van der Waals surface area contributed by atoms with Crippen LogP contribution in [0.15, 0.2) is 59.7 Å². The Bertz CT molecular complexity index is 760. The Morgan fingerprint density at radius 2 is 1.71 bits per heavy atom. The highest BCUT2D eigenvalue weighted by molar-refractivity contribution is 6.30. The number of halogens is 1. The minimum absolute atomic E-state index is 0.0661. The summed E-state index contributed by atoms with van der Waals surface area (Å²) in [7, 11) is 0. The second-order valence-electron chi connectivity index (χ2n) is 7.08. The number of hydrazone groups is 1. The Balaban J connectivity index is 1.98. The number of hydrogen-bond acceptors (Lipinski definition) is 2. The average Bonchev–Trinajstić information content (AvgIpc) is 3.01. The highest BCUT2D eigenvalue weighted by atomic mass is 35.5. The fourth-order valence-electron chi connectivity index (χ4n) is 2.81. The van der Waals surface area contributed by atoms with Crippen LogP contribution in [0, 0.1) is 5.41 Å². The summed E-state index contributed by atoms with van der Waals surface area (Å²) in [5.41, 5.74) is 2.67. The molecular formula is C20H21ClN2O. The predicted octanol–water partition coefficient (Wildman–Crippen LogP) is 5.33. The summed E-state index contributed by atoms with van der Waals surface area (Å²) in [6, 6.07) is 17.0. The van der Waals surface area contributed by atoms with E-state index in [1.54, 1.807) is 29.3 Å². The van der Waals surface area contributed by atoms with Crippen molar-refractivity contribution >= 4 is 23.2 Å². The molecule has 124 valence electrons. The molecule has 3 nitrogen and oxygen atoms in total. The molecule has 24 heavy (non-hydrogen) atoms. The molecule has 0 saturated heterocycles. The summed E-state index contributed by atoms with van der Waals surface area (Å²) in [5, 5.41) is 6.92. The number of amides is 1. The first-order valence-corrected chi connectivity index (χ1v) is 8.46. The van der Waals surface area contributed by atoms with Crippen LogP contribution in [0.1, 0.15) is 49.2 Å². The average molecular weight is 341 g/mol. The lowest BCUT2D eigenvalue weighted by atomic mass is 9.86. The van der Waals surface area contributed by atoms with Crippen molar-refractivity contribution in [2.45, 2.75) is 33.2 Å². The number of hydrogen-bond donors (Lipinski definition) is 0. The van der Waals surface area contributed by atoms with Crippen molar-refractivity contribution < 1.29 is 4.79 Å². The van der Waals surface area contributed by atoms with E-state index in [1.807, 2.05) is 30.3 Å². The molecule has 0 spiro atoms. The minimum Gasteiger partial charge on any atom is -0.267 e. The normalized spacial score (nSPS) is 17.8. The maximum atomic E-state index is 13.0. The van der Waals surface area contributed by atoms with Crippen LogP contribution in [0.5, 0.6) is 0 Å². The Labute approximate surface area is 147 Å². The summed E-state index contributed by atoms with van der Waals surface area (Å²) >= 11 is 5.93. The van der Waals surface area contributed by atoms with E-state index < -0.39 is 0 Å². The van der Waals surface area contributed by atoms with E-state index in [9.17, 15) is 4.79 Å². The van der Waals surface area contributed by atoms with Crippen molar-refractivity contribution in [1.29, 1.82) is 0 Å². The quantitative estimate of drug-likeness (QED) is 0.727. The molecule has 0 fully saturated rings. The predicted molar refractivity (Wildman–Crippen MR) is 98.3 cm³/mol. The van der Waals surface area contributed by atoms with E-state index in [1.165, 1.54) is 0 Å². The van der Waals surface area contributed by atoms with Crippen molar-refractivity contribution in [1.82, 2.24) is 5.01 Å². The molecule has 2 aromatic carbocycles. The lowest BCUT2D eigenvalue weighted by molar-refractivity contribution is 0.0711. The van der Waals surface area contributed by atoms with Gasteiger partial charge in [-0.3, -0.25) is 4.79 Å². The number of nitrogens with zero attached hydrogens (tertiary/aromatic N) is 2. The number of rotatable bonds is 2. The van der Waals surface area contributed by atoms with Gasteiger partial charge in [-0.2, -0.15) is 5.10 Å². The second kappa shape index (κ2) is 6.40. The molecule has 0 saturated carbocycles. The van der Waals surface area contributed by atoms with Crippen molar-refractivity contribution in [3.8, 4) is 0 Å². The Morgan fingerprint density at radius 3 is 2.29 bits per heavy atom. The van der Waals surface area contributed by atoms with Gasteiger partial charge in [-0.1, -0.05) is 62.7 Å². The van der Waals surface area contributed by atoms with Gasteiger partial charge in [0.15, 0.2) is 0 Å². The molecule has 4 heteroatoms. The first-order valence-electron chi connectivity index (χ1n) is 8.08. The smallest absolute Gasteiger partial charge is 0.267 e. The largest absolute Gasteiger partial charge is 0.274 e. The molecule has 0 bridgehead atoms. The minimum atomic E-state index is -0.0974. The van der Waals surface area contributed by atoms with E-state index >= 15 is 0 Å². The molecule has 1 unspecified atom stereocenters.